The van der Waals surface area contributed by atoms with E-state index in [2.05, 4.69) is 27.7 Å². The minimum atomic E-state index is 0.241. The van der Waals surface area contributed by atoms with Crippen molar-refractivity contribution in [3.05, 3.63) is 22.3 Å². The molecule has 4 nitrogen and oxygen atoms in total. The molecule has 0 aromatic rings. The van der Waals surface area contributed by atoms with Crippen molar-refractivity contribution < 1.29 is 9.59 Å². The lowest BCUT2D eigenvalue weighted by Crippen LogP contribution is -2.41. The van der Waals surface area contributed by atoms with Crippen molar-refractivity contribution in [3.63, 3.8) is 0 Å². The summed E-state index contributed by atoms with van der Waals surface area (Å²) in [5.74, 6) is 3.21. The third kappa shape index (κ3) is 8.41. The zero-order valence-corrected chi connectivity index (χ0v) is 22.7. The second-order valence-corrected chi connectivity index (χ2v) is 11.0. The molecule has 0 radical (unpaired) electrons. The molecule has 2 rings (SSSR count). The Morgan fingerprint density at radius 2 is 0.938 bits per heavy atom. The van der Waals surface area contributed by atoms with Crippen molar-refractivity contribution in [1.82, 2.24) is 9.80 Å². The molecule has 0 bridgehead atoms. The zero-order chi connectivity index (χ0) is 24.6. The van der Waals surface area contributed by atoms with Gasteiger partial charge in [-0.25, -0.2) is 0 Å². The molecule has 2 heterocycles. The minimum absolute atomic E-state index is 0.241. The standard InChI is InChI=1S/2C14H25NO/c2*1-10(2)12(5)14(16)15-8-6-7-13(9-15)11(3)4/h2*11,13H,6-9H2,1-5H3/t2*13-/m10/s1. The number of nitrogens with zero attached hydrogens (tertiary/aromatic N) is 2. The maximum absolute atomic E-state index is 12.2. The van der Waals surface area contributed by atoms with Crippen LogP contribution in [-0.4, -0.2) is 47.8 Å². The number of amides is 2. The van der Waals surface area contributed by atoms with Crippen molar-refractivity contribution in [1.29, 1.82) is 0 Å². The Balaban J connectivity index is 0.000000320. The molecule has 4 heteroatoms. The molecule has 2 aliphatic rings. The Hall–Kier alpha value is -1.58. The lowest BCUT2D eigenvalue weighted by Gasteiger charge is -2.35. The number of hydrogen-bond acceptors (Lipinski definition) is 2. The molecule has 0 aliphatic carbocycles. The van der Waals surface area contributed by atoms with Crippen LogP contribution in [0.2, 0.25) is 0 Å². The lowest BCUT2D eigenvalue weighted by molar-refractivity contribution is -0.130. The molecule has 2 aliphatic heterocycles. The summed E-state index contributed by atoms with van der Waals surface area (Å²) in [5, 5.41) is 0. The summed E-state index contributed by atoms with van der Waals surface area (Å²) >= 11 is 0. The Bertz CT molecular complexity index is 634. The van der Waals surface area contributed by atoms with Crippen LogP contribution in [0.25, 0.3) is 0 Å². The van der Waals surface area contributed by atoms with Crippen LogP contribution < -0.4 is 0 Å². The molecule has 0 spiro atoms. The molecule has 0 unspecified atom stereocenters. The lowest BCUT2D eigenvalue weighted by atomic mass is 9.87. The Kier molecular flexibility index (Phi) is 11.7. The molecule has 2 atom stereocenters. The van der Waals surface area contributed by atoms with Gasteiger partial charge in [0.2, 0.25) is 11.8 Å². The zero-order valence-electron chi connectivity index (χ0n) is 22.7. The van der Waals surface area contributed by atoms with Crippen LogP contribution in [0.1, 0.15) is 94.9 Å². The van der Waals surface area contributed by atoms with Crippen LogP contribution in [-0.2, 0) is 9.59 Å². The van der Waals surface area contributed by atoms with E-state index in [1.165, 1.54) is 12.8 Å². The van der Waals surface area contributed by atoms with Crippen LogP contribution >= 0.6 is 0 Å². The smallest absolute Gasteiger partial charge is 0.249 e. The summed E-state index contributed by atoms with van der Waals surface area (Å²) in [7, 11) is 0. The molecule has 2 fully saturated rings. The molecule has 0 aromatic carbocycles. The first kappa shape index (κ1) is 28.5. The molecular formula is C28H50N2O2. The van der Waals surface area contributed by atoms with Gasteiger partial charge in [-0.1, -0.05) is 38.8 Å². The van der Waals surface area contributed by atoms with Crippen LogP contribution in [0.4, 0.5) is 0 Å². The monoisotopic (exact) mass is 446 g/mol. The minimum Gasteiger partial charge on any atom is -0.339 e. The number of allylic oxidation sites excluding steroid dienone is 2. The van der Waals surface area contributed by atoms with Gasteiger partial charge >= 0.3 is 0 Å². The Labute approximate surface area is 198 Å². The highest BCUT2D eigenvalue weighted by molar-refractivity contribution is 5.94. The number of likely N-dealkylation sites (tertiary alicyclic amines) is 2. The predicted molar refractivity (Wildman–Crippen MR) is 136 cm³/mol. The first-order valence-corrected chi connectivity index (χ1v) is 12.7. The highest BCUT2D eigenvalue weighted by Crippen LogP contribution is 2.25. The van der Waals surface area contributed by atoms with E-state index in [0.29, 0.717) is 23.7 Å². The van der Waals surface area contributed by atoms with Crippen molar-refractivity contribution in [2.75, 3.05) is 26.2 Å². The number of carbonyl (C=O) groups is 2. The van der Waals surface area contributed by atoms with E-state index in [4.69, 9.17) is 0 Å². The average Bonchev–Trinajstić information content (AvgIpc) is 2.77. The van der Waals surface area contributed by atoms with Gasteiger partial charge in [-0.15, -0.1) is 0 Å². The fraction of sp³-hybridized carbons (Fsp3) is 0.786. The quantitative estimate of drug-likeness (QED) is 0.464. The van der Waals surface area contributed by atoms with Crippen LogP contribution in [0.5, 0.6) is 0 Å². The van der Waals surface area contributed by atoms with E-state index in [1.54, 1.807) is 0 Å². The first-order valence-electron chi connectivity index (χ1n) is 12.7. The molecule has 0 saturated carbocycles. The molecule has 2 saturated heterocycles. The Morgan fingerprint density at radius 3 is 1.19 bits per heavy atom. The summed E-state index contributed by atoms with van der Waals surface area (Å²) in [6.45, 7) is 24.7. The summed E-state index contributed by atoms with van der Waals surface area (Å²) in [4.78, 5) is 28.4. The molecule has 0 aromatic heterocycles. The van der Waals surface area contributed by atoms with E-state index in [0.717, 1.165) is 61.3 Å². The van der Waals surface area contributed by atoms with E-state index in [9.17, 15) is 9.59 Å². The third-order valence-corrected chi connectivity index (χ3v) is 7.52. The number of hydrogen-bond donors (Lipinski definition) is 0. The largest absolute Gasteiger partial charge is 0.339 e. The first-order chi connectivity index (χ1) is 14.9. The van der Waals surface area contributed by atoms with Gasteiger partial charge in [0.1, 0.15) is 0 Å². The topological polar surface area (TPSA) is 40.6 Å². The molecule has 0 N–H and O–H groups in total. The molecule has 32 heavy (non-hydrogen) atoms. The fourth-order valence-electron chi connectivity index (χ4n) is 4.38. The van der Waals surface area contributed by atoms with Gasteiger partial charge < -0.3 is 9.80 Å². The van der Waals surface area contributed by atoms with E-state index in [-0.39, 0.29) is 11.8 Å². The Morgan fingerprint density at radius 1 is 0.625 bits per heavy atom. The van der Waals surface area contributed by atoms with Gasteiger partial charge in [-0.05, 0) is 90.9 Å². The van der Waals surface area contributed by atoms with Gasteiger partial charge in [-0.3, -0.25) is 9.59 Å². The van der Waals surface area contributed by atoms with Crippen LogP contribution in [0, 0.1) is 23.7 Å². The molecule has 2 amide bonds. The van der Waals surface area contributed by atoms with Crippen molar-refractivity contribution in [2.24, 2.45) is 23.7 Å². The maximum Gasteiger partial charge on any atom is 0.249 e. The van der Waals surface area contributed by atoms with E-state index < -0.39 is 0 Å². The molecular weight excluding hydrogens is 396 g/mol. The van der Waals surface area contributed by atoms with Crippen molar-refractivity contribution >= 4 is 11.8 Å². The summed E-state index contributed by atoms with van der Waals surface area (Å²) in [5.41, 5.74) is 4.11. The number of piperidine rings is 2. The van der Waals surface area contributed by atoms with Gasteiger partial charge in [0.25, 0.3) is 0 Å². The number of carbonyl (C=O) groups excluding carboxylic acids is 2. The van der Waals surface area contributed by atoms with Gasteiger partial charge in [0.15, 0.2) is 0 Å². The second-order valence-electron chi connectivity index (χ2n) is 11.0. The van der Waals surface area contributed by atoms with Crippen LogP contribution in [0.15, 0.2) is 22.3 Å². The van der Waals surface area contributed by atoms with Gasteiger partial charge in [-0.2, -0.15) is 0 Å². The summed E-state index contributed by atoms with van der Waals surface area (Å²) in [6, 6.07) is 0. The summed E-state index contributed by atoms with van der Waals surface area (Å²) in [6.07, 6.45) is 4.86. The SMILES string of the molecule is CC(C)=C(C)C(=O)N1CCC[C@@H](C(C)C)C1.CC(C)=C(C)C(=O)N1CCC[C@H](C(C)C)C1. The van der Waals surface area contributed by atoms with Gasteiger partial charge in [0, 0.05) is 37.3 Å². The van der Waals surface area contributed by atoms with E-state index in [1.807, 2.05) is 51.3 Å². The van der Waals surface area contributed by atoms with Crippen LogP contribution in [0.3, 0.4) is 0 Å². The van der Waals surface area contributed by atoms with Gasteiger partial charge in [0.05, 0.1) is 0 Å². The highest BCUT2D eigenvalue weighted by atomic mass is 16.2. The fourth-order valence-corrected chi connectivity index (χ4v) is 4.38. The number of rotatable bonds is 4. The van der Waals surface area contributed by atoms with Crippen molar-refractivity contribution in [3.8, 4) is 0 Å². The maximum atomic E-state index is 12.2. The molecule has 184 valence electrons. The highest BCUT2D eigenvalue weighted by Gasteiger charge is 2.27. The third-order valence-electron chi connectivity index (χ3n) is 7.52. The van der Waals surface area contributed by atoms with E-state index >= 15 is 0 Å². The normalized spacial score (nSPS) is 21.1. The van der Waals surface area contributed by atoms with Crippen molar-refractivity contribution in [2.45, 2.75) is 94.9 Å². The second kappa shape index (κ2) is 13.2. The summed E-state index contributed by atoms with van der Waals surface area (Å²) < 4.78 is 0. The average molecular weight is 447 g/mol. The predicted octanol–water partition coefficient (Wildman–Crippen LogP) is 6.47.